The Kier molecular flexibility index (Phi) is 5.71. The third kappa shape index (κ3) is 4.61. The Morgan fingerprint density at radius 2 is 1.53 bits per heavy atom. The molecule has 1 amide bonds. The van der Waals surface area contributed by atoms with Crippen molar-refractivity contribution in [2.45, 2.75) is 45.4 Å². The standard InChI is InChI=1S/C25H30N2O3/c1-25(2,3)30-24(28)27-16-14-20(15-17-27)23-26-21(18-10-6-4-7-11-18)22(29-23)19-12-8-5-9-13-19/h4-13,20,23,26H,14-17H2,1-3H3. The number of ether oxygens (including phenoxy) is 2. The number of carbonyl (C=O) groups is 1. The van der Waals surface area contributed by atoms with Crippen molar-refractivity contribution in [1.29, 1.82) is 0 Å². The molecule has 5 nitrogen and oxygen atoms in total. The van der Waals surface area contributed by atoms with Crippen molar-refractivity contribution < 1.29 is 14.3 Å². The van der Waals surface area contributed by atoms with Crippen LogP contribution >= 0.6 is 0 Å². The molecule has 2 aromatic rings. The number of likely N-dealkylation sites (tertiary alicyclic amines) is 1. The van der Waals surface area contributed by atoms with Gasteiger partial charge in [-0.25, -0.2) is 4.79 Å². The van der Waals surface area contributed by atoms with E-state index in [4.69, 9.17) is 9.47 Å². The second-order valence-corrected chi connectivity index (χ2v) is 8.92. The Bertz CT molecular complexity index is 843. The highest BCUT2D eigenvalue weighted by Crippen LogP contribution is 2.36. The summed E-state index contributed by atoms with van der Waals surface area (Å²) in [5.41, 5.74) is 2.74. The second kappa shape index (κ2) is 8.42. The fourth-order valence-electron chi connectivity index (χ4n) is 3.97. The summed E-state index contributed by atoms with van der Waals surface area (Å²) in [6.45, 7) is 7.06. The first kappa shape index (κ1) is 20.3. The number of rotatable bonds is 3. The normalized spacial score (nSPS) is 20.0. The van der Waals surface area contributed by atoms with Crippen molar-refractivity contribution >= 4 is 17.5 Å². The van der Waals surface area contributed by atoms with Crippen LogP contribution in [0.2, 0.25) is 0 Å². The minimum absolute atomic E-state index is 0.101. The van der Waals surface area contributed by atoms with E-state index in [1.165, 1.54) is 0 Å². The number of benzene rings is 2. The van der Waals surface area contributed by atoms with Crippen molar-refractivity contribution in [3.63, 3.8) is 0 Å². The Labute approximate surface area is 178 Å². The van der Waals surface area contributed by atoms with Gasteiger partial charge in [0, 0.05) is 30.1 Å². The molecule has 1 N–H and O–H groups in total. The molecule has 1 saturated heterocycles. The highest BCUT2D eigenvalue weighted by atomic mass is 16.6. The molecule has 5 heteroatoms. The fraction of sp³-hybridized carbons (Fsp3) is 0.400. The predicted octanol–water partition coefficient (Wildman–Crippen LogP) is 5.11. The number of amides is 1. The van der Waals surface area contributed by atoms with E-state index < -0.39 is 5.60 Å². The van der Waals surface area contributed by atoms with E-state index in [-0.39, 0.29) is 12.3 Å². The first-order valence-electron chi connectivity index (χ1n) is 10.7. The molecule has 2 heterocycles. The zero-order valence-electron chi connectivity index (χ0n) is 17.9. The van der Waals surface area contributed by atoms with Gasteiger partial charge in [0.15, 0.2) is 12.0 Å². The third-order valence-corrected chi connectivity index (χ3v) is 5.48. The maximum absolute atomic E-state index is 12.4. The molecule has 0 spiro atoms. The average molecular weight is 407 g/mol. The van der Waals surface area contributed by atoms with Crippen molar-refractivity contribution in [1.82, 2.24) is 10.2 Å². The quantitative estimate of drug-likeness (QED) is 0.770. The number of carbonyl (C=O) groups excluding carboxylic acids is 1. The van der Waals surface area contributed by atoms with E-state index in [2.05, 4.69) is 29.6 Å². The average Bonchev–Trinajstić information content (AvgIpc) is 3.19. The van der Waals surface area contributed by atoms with E-state index in [0.717, 1.165) is 35.4 Å². The highest BCUT2D eigenvalue weighted by Gasteiger charge is 2.36. The summed E-state index contributed by atoms with van der Waals surface area (Å²) < 4.78 is 12.0. The molecular formula is C25H30N2O3. The number of piperidine rings is 1. The van der Waals surface area contributed by atoms with Gasteiger partial charge in [-0.3, -0.25) is 0 Å². The van der Waals surface area contributed by atoms with Gasteiger partial charge in [0.1, 0.15) is 5.60 Å². The Morgan fingerprint density at radius 1 is 0.967 bits per heavy atom. The molecule has 30 heavy (non-hydrogen) atoms. The lowest BCUT2D eigenvalue weighted by Crippen LogP contribution is -2.45. The predicted molar refractivity (Wildman–Crippen MR) is 118 cm³/mol. The van der Waals surface area contributed by atoms with Crippen molar-refractivity contribution in [2.75, 3.05) is 13.1 Å². The molecule has 0 radical (unpaired) electrons. The van der Waals surface area contributed by atoms with Crippen LogP contribution in [-0.4, -0.2) is 35.9 Å². The van der Waals surface area contributed by atoms with Crippen LogP contribution in [0.25, 0.3) is 11.5 Å². The number of hydrogen-bond acceptors (Lipinski definition) is 4. The van der Waals surface area contributed by atoms with Gasteiger partial charge < -0.3 is 19.7 Å². The minimum atomic E-state index is -0.469. The maximum atomic E-state index is 12.4. The van der Waals surface area contributed by atoms with Gasteiger partial charge in [-0.05, 0) is 33.6 Å². The molecule has 1 fully saturated rings. The zero-order chi connectivity index (χ0) is 21.1. The van der Waals surface area contributed by atoms with Crippen LogP contribution in [0.5, 0.6) is 0 Å². The number of hydrogen-bond donors (Lipinski definition) is 1. The second-order valence-electron chi connectivity index (χ2n) is 8.92. The summed E-state index contributed by atoms with van der Waals surface area (Å²) in [7, 11) is 0. The van der Waals surface area contributed by atoms with Crippen molar-refractivity contribution in [3.8, 4) is 0 Å². The zero-order valence-corrected chi connectivity index (χ0v) is 17.9. The van der Waals surface area contributed by atoms with Crippen LogP contribution in [0.1, 0.15) is 44.7 Å². The highest BCUT2D eigenvalue weighted by molar-refractivity contribution is 5.88. The monoisotopic (exact) mass is 406 g/mol. The lowest BCUT2D eigenvalue weighted by atomic mass is 9.95. The summed E-state index contributed by atoms with van der Waals surface area (Å²) in [6.07, 6.45) is 1.42. The molecule has 158 valence electrons. The topological polar surface area (TPSA) is 50.8 Å². The van der Waals surface area contributed by atoms with E-state index in [0.29, 0.717) is 19.0 Å². The summed E-state index contributed by atoms with van der Waals surface area (Å²) in [6, 6.07) is 20.5. The number of nitrogens with zero attached hydrogens (tertiary/aromatic N) is 1. The van der Waals surface area contributed by atoms with Gasteiger partial charge in [0.25, 0.3) is 0 Å². The van der Waals surface area contributed by atoms with Gasteiger partial charge in [0.05, 0.1) is 5.70 Å². The van der Waals surface area contributed by atoms with E-state index >= 15 is 0 Å². The van der Waals surface area contributed by atoms with Crippen LogP contribution in [0.4, 0.5) is 4.79 Å². The molecule has 1 atom stereocenters. The summed E-state index contributed by atoms with van der Waals surface area (Å²) in [4.78, 5) is 14.2. The van der Waals surface area contributed by atoms with Gasteiger partial charge in [-0.15, -0.1) is 0 Å². The Morgan fingerprint density at radius 3 is 2.10 bits per heavy atom. The van der Waals surface area contributed by atoms with Crippen molar-refractivity contribution in [2.24, 2.45) is 5.92 Å². The van der Waals surface area contributed by atoms with Crippen LogP contribution in [0.3, 0.4) is 0 Å². The molecule has 2 aromatic carbocycles. The smallest absolute Gasteiger partial charge is 0.410 e. The summed E-state index contributed by atoms with van der Waals surface area (Å²) in [5.74, 6) is 1.21. The van der Waals surface area contributed by atoms with Crippen LogP contribution in [0.15, 0.2) is 60.7 Å². The molecule has 0 saturated carbocycles. The maximum Gasteiger partial charge on any atom is 0.410 e. The molecular weight excluding hydrogens is 376 g/mol. The van der Waals surface area contributed by atoms with Crippen LogP contribution in [0, 0.1) is 5.92 Å². The number of nitrogens with one attached hydrogen (secondary N) is 1. The van der Waals surface area contributed by atoms with E-state index in [1.54, 1.807) is 4.90 Å². The van der Waals surface area contributed by atoms with Gasteiger partial charge in [-0.2, -0.15) is 0 Å². The van der Waals surface area contributed by atoms with Crippen molar-refractivity contribution in [3.05, 3.63) is 71.8 Å². The van der Waals surface area contributed by atoms with Gasteiger partial charge >= 0.3 is 6.09 Å². The Hall–Kier alpha value is -2.95. The lowest BCUT2D eigenvalue weighted by Gasteiger charge is -2.35. The Balaban J connectivity index is 1.46. The minimum Gasteiger partial charge on any atom is -0.468 e. The SMILES string of the molecule is CC(C)(C)OC(=O)N1CCC(C2NC(c3ccccc3)=C(c3ccccc3)O2)CC1. The first-order chi connectivity index (χ1) is 14.4. The van der Waals surface area contributed by atoms with E-state index in [9.17, 15) is 4.79 Å². The van der Waals surface area contributed by atoms with Gasteiger partial charge in [0.2, 0.25) is 0 Å². The summed E-state index contributed by atoms with van der Waals surface area (Å²) in [5, 5.41) is 3.63. The van der Waals surface area contributed by atoms with Crippen LogP contribution in [-0.2, 0) is 9.47 Å². The molecule has 2 aliphatic heterocycles. The molecule has 0 aromatic heterocycles. The first-order valence-corrected chi connectivity index (χ1v) is 10.7. The molecule has 0 aliphatic carbocycles. The largest absolute Gasteiger partial charge is 0.468 e. The molecule has 4 rings (SSSR count). The molecule has 1 unspecified atom stereocenters. The lowest BCUT2D eigenvalue weighted by molar-refractivity contribution is 0.00801. The summed E-state index contributed by atoms with van der Waals surface area (Å²) >= 11 is 0. The fourth-order valence-corrected chi connectivity index (χ4v) is 3.97. The molecule has 2 aliphatic rings. The molecule has 0 bridgehead atoms. The van der Waals surface area contributed by atoms with E-state index in [1.807, 2.05) is 57.2 Å². The third-order valence-electron chi connectivity index (χ3n) is 5.48. The van der Waals surface area contributed by atoms with Gasteiger partial charge in [-0.1, -0.05) is 60.7 Å². The van der Waals surface area contributed by atoms with Crippen LogP contribution < -0.4 is 5.32 Å².